The maximum absolute atomic E-state index is 8.88. The van der Waals surface area contributed by atoms with E-state index in [0.29, 0.717) is 5.84 Å². The van der Waals surface area contributed by atoms with Crippen molar-refractivity contribution in [2.24, 2.45) is 4.99 Å². The molecule has 0 aliphatic carbocycles. The Morgan fingerprint density at radius 1 is 1.33 bits per heavy atom. The number of hydroxylamine groups is 1. The molecule has 1 aliphatic rings. The molecule has 0 atom stereocenters. The number of benzene rings is 1. The lowest BCUT2D eigenvalue weighted by Gasteiger charge is -2.06. The minimum Gasteiger partial charge on any atom is -0.290 e. The summed E-state index contributed by atoms with van der Waals surface area (Å²) in [6, 6.07) is 4.24. The van der Waals surface area contributed by atoms with Crippen molar-refractivity contribution in [2.45, 2.75) is 25.2 Å². The van der Waals surface area contributed by atoms with Gasteiger partial charge in [-0.15, -0.1) is 11.8 Å². The van der Waals surface area contributed by atoms with Gasteiger partial charge in [0.2, 0.25) is 0 Å². The molecule has 1 heterocycles. The average molecular weight is 222 g/mol. The van der Waals surface area contributed by atoms with Crippen molar-refractivity contribution in [1.82, 2.24) is 5.48 Å². The van der Waals surface area contributed by atoms with E-state index in [0.717, 1.165) is 17.9 Å². The van der Waals surface area contributed by atoms with Gasteiger partial charge in [-0.2, -0.15) is 0 Å². The molecule has 2 rings (SSSR count). The number of rotatable bonds is 0. The number of aliphatic imine (C=N–C) groups is 1. The minimum atomic E-state index is 0.643. The predicted molar refractivity (Wildman–Crippen MR) is 63.3 cm³/mol. The molecule has 0 spiro atoms. The van der Waals surface area contributed by atoms with Crippen LogP contribution in [0.3, 0.4) is 0 Å². The Hall–Kier alpha value is -1.00. The first-order valence-electron chi connectivity index (χ1n) is 4.92. The number of aryl methyl sites for hydroxylation is 2. The van der Waals surface area contributed by atoms with E-state index < -0.39 is 0 Å². The lowest BCUT2D eigenvalue weighted by atomic mass is 10.1. The second kappa shape index (κ2) is 4.24. The third-order valence-corrected chi connectivity index (χ3v) is 3.60. The summed E-state index contributed by atoms with van der Waals surface area (Å²) in [4.78, 5) is 5.59. The van der Waals surface area contributed by atoms with Gasteiger partial charge >= 0.3 is 0 Å². The standard InChI is InChI=1S/C11H14N2OS/c1-7-5-9-10(6-8(7)2)15-4-3-11(12-9)13-14/h5-6,14H,3-4H2,1-2H3,(H,12,13). The zero-order valence-electron chi connectivity index (χ0n) is 8.87. The van der Waals surface area contributed by atoms with Crippen molar-refractivity contribution in [3.05, 3.63) is 23.3 Å². The molecule has 1 aliphatic heterocycles. The Bertz CT molecular complexity index is 415. The maximum Gasteiger partial charge on any atom is 0.127 e. The molecule has 0 saturated heterocycles. The van der Waals surface area contributed by atoms with Crippen molar-refractivity contribution in [3.63, 3.8) is 0 Å². The Morgan fingerprint density at radius 3 is 2.80 bits per heavy atom. The molecule has 0 radical (unpaired) electrons. The summed E-state index contributed by atoms with van der Waals surface area (Å²) in [5, 5.41) is 8.88. The van der Waals surface area contributed by atoms with Gasteiger partial charge in [-0.3, -0.25) is 10.7 Å². The van der Waals surface area contributed by atoms with Crippen LogP contribution >= 0.6 is 11.8 Å². The van der Waals surface area contributed by atoms with Crippen molar-refractivity contribution in [3.8, 4) is 0 Å². The molecule has 3 nitrogen and oxygen atoms in total. The van der Waals surface area contributed by atoms with E-state index in [1.54, 1.807) is 11.8 Å². The van der Waals surface area contributed by atoms with Crippen LogP contribution in [0.25, 0.3) is 0 Å². The first-order chi connectivity index (χ1) is 7.20. The van der Waals surface area contributed by atoms with Gasteiger partial charge < -0.3 is 0 Å². The van der Waals surface area contributed by atoms with Crippen molar-refractivity contribution in [1.29, 1.82) is 0 Å². The molecular weight excluding hydrogens is 208 g/mol. The number of amidine groups is 1. The molecule has 80 valence electrons. The molecular formula is C11H14N2OS. The number of nitrogens with zero attached hydrogens (tertiary/aromatic N) is 1. The van der Waals surface area contributed by atoms with Gasteiger partial charge in [0.15, 0.2) is 0 Å². The zero-order chi connectivity index (χ0) is 10.8. The first kappa shape index (κ1) is 10.5. The summed E-state index contributed by atoms with van der Waals surface area (Å²) in [5.41, 5.74) is 5.63. The van der Waals surface area contributed by atoms with Crippen molar-refractivity contribution in [2.75, 3.05) is 5.75 Å². The number of nitrogens with one attached hydrogen (secondary N) is 1. The van der Waals surface area contributed by atoms with Gasteiger partial charge in [0.1, 0.15) is 5.84 Å². The van der Waals surface area contributed by atoms with Crippen LogP contribution in [-0.2, 0) is 0 Å². The van der Waals surface area contributed by atoms with Crippen LogP contribution in [0.5, 0.6) is 0 Å². The van der Waals surface area contributed by atoms with Crippen LogP contribution in [-0.4, -0.2) is 16.8 Å². The predicted octanol–water partition coefficient (Wildman–Crippen LogP) is 2.81. The molecule has 4 heteroatoms. The molecule has 0 bridgehead atoms. The third kappa shape index (κ3) is 2.16. The minimum absolute atomic E-state index is 0.643. The summed E-state index contributed by atoms with van der Waals surface area (Å²) < 4.78 is 0. The van der Waals surface area contributed by atoms with E-state index >= 15 is 0 Å². The molecule has 1 aromatic rings. The lowest BCUT2D eigenvalue weighted by molar-refractivity contribution is 0.232. The van der Waals surface area contributed by atoms with Crippen molar-refractivity contribution < 1.29 is 5.21 Å². The van der Waals surface area contributed by atoms with Crippen LogP contribution in [0.15, 0.2) is 22.0 Å². The van der Waals surface area contributed by atoms with Crippen LogP contribution in [0.1, 0.15) is 17.5 Å². The molecule has 15 heavy (non-hydrogen) atoms. The van der Waals surface area contributed by atoms with Gasteiger partial charge in [-0.05, 0) is 37.1 Å². The smallest absolute Gasteiger partial charge is 0.127 e. The fourth-order valence-electron chi connectivity index (χ4n) is 1.52. The molecule has 1 aromatic carbocycles. The Labute approximate surface area is 93.6 Å². The summed E-state index contributed by atoms with van der Waals surface area (Å²) >= 11 is 1.79. The zero-order valence-corrected chi connectivity index (χ0v) is 9.69. The fourth-order valence-corrected chi connectivity index (χ4v) is 2.55. The quantitative estimate of drug-likeness (QED) is 0.663. The normalized spacial score (nSPS) is 15.3. The maximum atomic E-state index is 8.88. The molecule has 2 N–H and O–H groups in total. The van der Waals surface area contributed by atoms with Crippen LogP contribution < -0.4 is 5.48 Å². The first-order valence-corrected chi connectivity index (χ1v) is 5.91. The molecule has 0 fully saturated rings. The van der Waals surface area contributed by atoms with Gasteiger partial charge in [-0.1, -0.05) is 0 Å². The Kier molecular flexibility index (Phi) is 2.98. The summed E-state index contributed by atoms with van der Waals surface area (Å²) in [6.07, 6.45) is 0.772. The molecule has 0 aromatic heterocycles. The number of fused-ring (bicyclic) bond motifs is 1. The third-order valence-electron chi connectivity index (χ3n) is 2.56. The summed E-state index contributed by atoms with van der Waals surface area (Å²) in [7, 11) is 0. The lowest BCUT2D eigenvalue weighted by Crippen LogP contribution is -2.18. The van der Waals surface area contributed by atoms with Gasteiger partial charge in [0, 0.05) is 17.1 Å². The highest BCUT2D eigenvalue weighted by atomic mass is 32.2. The van der Waals surface area contributed by atoms with Crippen LogP contribution in [0.4, 0.5) is 5.69 Å². The topological polar surface area (TPSA) is 44.6 Å². The molecule has 0 unspecified atom stereocenters. The van der Waals surface area contributed by atoms with Gasteiger partial charge in [0.25, 0.3) is 0 Å². The van der Waals surface area contributed by atoms with E-state index in [-0.39, 0.29) is 0 Å². The van der Waals surface area contributed by atoms with Crippen LogP contribution in [0.2, 0.25) is 0 Å². The molecule has 0 saturated carbocycles. The van der Waals surface area contributed by atoms with Gasteiger partial charge in [-0.25, -0.2) is 4.99 Å². The fraction of sp³-hybridized carbons (Fsp3) is 0.364. The van der Waals surface area contributed by atoms with E-state index in [1.807, 2.05) is 0 Å². The SMILES string of the molecule is Cc1cc2c(cc1C)SCCC(NO)=N2. The summed E-state index contributed by atoms with van der Waals surface area (Å²) in [6.45, 7) is 4.18. The van der Waals surface area contributed by atoms with E-state index in [4.69, 9.17) is 5.21 Å². The number of hydrogen-bond donors (Lipinski definition) is 2. The number of hydrogen-bond acceptors (Lipinski definition) is 4. The highest BCUT2D eigenvalue weighted by Crippen LogP contribution is 2.34. The molecule has 0 amide bonds. The summed E-state index contributed by atoms with van der Waals surface area (Å²) in [5.74, 6) is 1.59. The average Bonchev–Trinajstić information content (AvgIpc) is 2.41. The van der Waals surface area contributed by atoms with Crippen molar-refractivity contribution >= 4 is 23.3 Å². The Morgan fingerprint density at radius 2 is 2.07 bits per heavy atom. The van der Waals surface area contributed by atoms with Crippen LogP contribution in [0, 0.1) is 13.8 Å². The largest absolute Gasteiger partial charge is 0.290 e. The monoisotopic (exact) mass is 222 g/mol. The second-order valence-corrected chi connectivity index (χ2v) is 4.81. The van der Waals surface area contributed by atoms with E-state index in [2.05, 4.69) is 36.5 Å². The van der Waals surface area contributed by atoms with E-state index in [9.17, 15) is 0 Å². The Balaban J connectivity index is 2.49. The van der Waals surface area contributed by atoms with E-state index in [1.165, 1.54) is 16.0 Å². The van der Waals surface area contributed by atoms with Gasteiger partial charge in [0.05, 0.1) is 5.69 Å². The number of thioether (sulfide) groups is 1. The highest BCUT2D eigenvalue weighted by molar-refractivity contribution is 7.99. The highest BCUT2D eigenvalue weighted by Gasteiger charge is 2.11. The second-order valence-electron chi connectivity index (χ2n) is 3.67.